The van der Waals surface area contributed by atoms with Crippen molar-refractivity contribution in [3.05, 3.63) is 48.6 Å². The highest BCUT2D eigenvalue weighted by atomic mass is 16.7. The van der Waals surface area contributed by atoms with Crippen molar-refractivity contribution in [1.82, 2.24) is 5.32 Å². The first-order valence-corrected chi connectivity index (χ1v) is 39.9. The van der Waals surface area contributed by atoms with Crippen LogP contribution in [0.5, 0.6) is 0 Å². The maximum atomic E-state index is 13.4. The molecule has 0 aromatic carbocycles. The molecule has 14 nitrogen and oxygen atoms in total. The summed E-state index contributed by atoms with van der Waals surface area (Å²) in [6.45, 7) is 2.81. The Labute approximate surface area is 575 Å². The van der Waals surface area contributed by atoms with Gasteiger partial charge < -0.3 is 65.1 Å². The zero-order valence-corrected chi connectivity index (χ0v) is 60.5. The highest BCUT2D eigenvalue weighted by Crippen LogP contribution is 2.30. The minimum Gasteiger partial charge on any atom is -0.394 e. The number of aliphatic hydroxyl groups excluding tert-OH is 8. The van der Waals surface area contributed by atoms with Gasteiger partial charge >= 0.3 is 0 Å². The standard InChI is InChI=1S/C80H149NO13/c1-3-5-7-9-11-13-15-17-19-21-23-25-27-29-30-31-32-33-34-35-36-37-38-40-42-44-46-48-50-52-54-56-58-60-62-64-72(85)81-68(67-91-79-77(90)75(88)78(71(66-83)93-79)94-80-76(89)74(87)73(86)70(65-82)92-80)69(84)63-61-59-57-55-53-51-49-47-45-43-41-39-28-26-24-22-20-18-16-14-12-10-8-6-4-2/h5,7,11,13,17,19,23,25,68-71,73-80,82-84,86-90H,3-4,6,8-10,12,14-16,18,20-22,24,26-67H2,1-2H3,(H,81,85)/b7-5-,13-11-,19-17-,25-23-. The fourth-order valence-corrected chi connectivity index (χ4v) is 13.3. The Morgan fingerprint density at radius 2 is 0.734 bits per heavy atom. The molecule has 94 heavy (non-hydrogen) atoms. The molecule has 2 rings (SSSR count). The number of unbranched alkanes of at least 4 members (excludes halogenated alkanes) is 46. The van der Waals surface area contributed by atoms with Crippen LogP contribution in [0.2, 0.25) is 0 Å². The van der Waals surface area contributed by atoms with Crippen LogP contribution in [0.15, 0.2) is 48.6 Å². The van der Waals surface area contributed by atoms with Gasteiger partial charge in [0.1, 0.15) is 48.8 Å². The predicted molar refractivity (Wildman–Crippen MR) is 388 cm³/mol. The molecule has 12 unspecified atom stereocenters. The van der Waals surface area contributed by atoms with Gasteiger partial charge in [0, 0.05) is 6.42 Å². The summed E-state index contributed by atoms with van der Waals surface area (Å²) in [4.78, 5) is 13.4. The molecule has 0 spiro atoms. The summed E-state index contributed by atoms with van der Waals surface area (Å²) in [6, 6.07) is -0.829. The lowest BCUT2D eigenvalue weighted by Crippen LogP contribution is -2.65. The van der Waals surface area contributed by atoms with Gasteiger partial charge in [-0.25, -0.2) is 0 Å². The van der Waals surface area contributed by atoms with E-state index in [1.165, 1.54) is 257 Å². The Morgan fingerprint density at radius 3 is 1.13 bits per heavy atom. The monoisotopic (exact) mass is 1330 g/mol. The Bertz CT molecular complexity index is 1760. The number of allylic oxidation sites excluding steroid dienone is 8. The molecule has 0 radical (unpaired) electrons. The van der Waals surface area contributed by atoms with E-state index >= 15 is 0 Å². The zero-order chi connectivity index (χ0) is 68.0. The summed E-state index contributed by atoms with van der Waals surface area (Å²) in [6.07, 6.45) is 68.6. The van der Waals surface area contributed by atoms with Crippen molar-refractivity contribution < 1.29 is 64.6 Å². The molecule has 0 bridgehead atoms. The van der Waals surface area contributed by atoms with Gasteiger partial charge in [-0.2, -0.15) is 0 Å². The number of nitrogens with one attached hydrogen (secondary N) is 1. The summed E-state index contributed by atoms with van der Waals surface area (Å²) >= 11 is 0. The number of rotatable bonds is 67. The second-order valence-corrected chi connectivity index (χ2v) is 28.2. The van der Waals surface area contributed by atoms with Crippen LogP contribution in [0.3, 0.4) is 0 Å². The minimum atomic E-state index is -1.78. The lowest BCUT2D eigenvalue weighted by Gasteiger charge is -2.46. The van der Waals surface area contributed by atoms with Crippen LogP contribution in [0.1, 0.15) is 361 Å². The molecule has 0 saturated carbocycles. The topological polar surface area (TPSA) is 228 Å². The molecule has 2 fully saturated rings. The van der Waals surface area contributed by atoms with E-state index in [1.54, 1.807) is 0 Å². The molecule has 2 aliphatic rings. The third-order valence-electron chi connectivity index (χ3n) is 19.6. The molecule has 2 heterocycles. The van der Waals surface area contributed by atoms with Crippen molar-refractivity contribution in [2.24, 2.45) is 0 Å². The van der Waals surface area contributed by atoms with E-state index in [0.29, 0.717) is 12.8 Å². The van der Waals surface area contributed by atoms with E-state index in [4.69, 9.17) is 18.9 Å². The van der Waals surface area contributed by atoms with Gasteiger partial charge in [0.15, 0.2) is 12.6 Å². The molecule has 2 saturated heterocycles. The Kier molecular flexibility index (Phi) is 60.3. The average Bonchev–Trinajstić information content (AvgIpc) is 0.794. The molecular weight excluding hydrogens is 1180 g/mol. The van der Waals surface area contributed by atoms with Crippen molar-refractivity contribution in [3.63, 3.8) is 0 Å². The summed E-state index contributed by atoms with van der Waals surface area (Å²) in [7, 11) is 0. The third kappa shape index (κ3) is 47.1. The van der Waals surface area contributed by atoms with Crippen molar-refractivity contribution in [2.45, 2.75) is 434 Å². The zero-order valence-electron chi connectivity index (χ0n) is 60.5. The molecule has 2 aliphatic heterocycles. The number of hydrogen-bond acceptors (Lipinski definition) is 13. The van der Waals surface area contributed by atoms with Crippen molar-refractivity contribution in [2.75, 3.05) is 19.8 Å². The first-order valence-electron chi connectivity index (χ1n) is 39.9. The number of aliphatic hydroxyl groups is 8. The average molecular weight is 1330 g/mol. The number of carbonyl (C=O) groups is 1. The van der Waals surface area contributed by atoms with E-state index in [2.05, 4.69) is 67.8 Å². The van der Waals surface area contributed by atoms with Gasteiger partial charge in [0.05, 0.1) is 32.0 Å². The van der Waals surface area contributed by atoms with Gasteiger partial charge in [-0.15, -0.1) is 0 Å². The predicted octanol–water partition coefficient (Wildman–Crippen LogP) is 17.8. The van der Waals surface area contributed by atoms with Gasteiger partial charge in [-0.1, -0.05) is 351 Å². The fraction of sp³-hybridized carbons (Fsp3) is 0.887. The second kappa shape index (κ2) is 64.3. The van der Waals surface area contributed by atoms with E-state index < -0.39 is 86.8 Å². The number of hydrogen-bond donors (Lipinski definition) is 9. The summed E-state index contributed by atoms with van der Waals surface area (Å²) in [5, 5.41) is 87.9. The van der Waals surface area contributed by atoms with Gasteiger partial charge in [0.25, 0.3) is 0 Å². The summed E-state index contributed by atoms with van der Waals surface area (Å²) < 4.78 is 23.0. The van der Waals surface area contributed by atoms with E-state index in [0.717, 1.165) is 77.0 Å². The SMILES string of the molecule is CC/C=C\C/C=C\C/C=C\C/C=C\CCCCCCCCCCCCCCCCCCCCCCCCC(=O)NC(COC1OC(CO)C(OC2OC(CO)C(O)C(O)C2O)C(O)C1O)C(O)CCCCCCCCCCCCCCCCCCCCCCCCCCC. The molecule has 14 heteroatoms. The molecule has 1 amide bonds. The smallest absolute Gasteiger partial charge is 0.220 e. The lowest BCUT2D eigenvalue weighted by molar-refractivity contribution is -0.359. The Hall–Kier alpha value is -2.05. The summed E-state index contributed by atoms with van der Waals surface area (Å²) in [5.41, 5.74) is 0. The molecular formula is C80H149NO13. The van der Waals surface area contributed by atoms with Crippen LogP contribution in [-0.4, -0.2) is 140 Å². The van der Waals surface area contributed by atoms with Crippen LogP contribution in [0, 0.1) is 0 Å². The first kappa shape index (κ1) is 88.0. The maximum Gasteiger partial charge on any atom is 0.220 e. The molecule has 0 aliphatic carbocycles. The minimum absolute atomic E-state index is 0.199. The van der Waals surface area contributed by atoms with Crippen molar-refractivity contribution in [1.29, 1.82) is 0 Å². The highest BCUT2D eigenvalue weighted by Gasteiger charge is 2.51. The molecule has 0 aromatic rings. The van der Waals surface area contributed by atoms with Gasteiger partial charge in [0.2, 0.25) is 5.91 Å². The lowest BCUT2D eigenvalue weighted by atomic mass is 9.97. The van der Waals surface area contributed by atoms with Crippen LogP contribution in [0.4, 0.5) is 0 Å². The number of ether oxygens (including phenoxy) is 4. The highest BCUT2D eigenvalue weighted by molar-refractivity contribution is 5.76. The van der Waals surface area contributed by atoms with Crippen LogP contribution < -0.4 is 5.32 Å². The van der Waals surface area contributed by atoms with Gasteiger partial charge in [-0.05, 0) is 51.4 Å². The van der Waals surface area contributed by atoms with Crippen LogP contribution in [-0.2, 0) is 23.7 Å². The number of carbonyl (C=O) groups excluding carboxylic acids is 1. The van der Waals surface area contributed by atoms with Crippen molar-refractivity contribution >= 4 is 5.91 Å². The van der Waals surface area contributed by atoms with Crippen LogP contribution >= 0.6 is 0 Å². The maximum absolute atomic E-state index is 13.4. The Morgan fingerprint density at radius 1 is 0.394 bits per heavy atom. The molecule has 9 N–H and O–H groups in total. The normalized spacial score (nSPS) is 22.7. The molecule has 552 valence electrons. The van der Waals surface area contributed by atoms with Gasteiger partial charge in [-0.3, -0.25) is 4.79 Å². The van der Waals surface area contributed by atoms with Crippen LogP contribution in [0.25, 0.3) is 0 Å². The quantitative estimate of drug-likeness (QED) is 0.0204. The summed E-state index contributed by atoms with van der Waals surface area (Å²) in [5.74, 6) is -0.199. The molecule has 0 aromatic heterocycles. The Balaban J connectivity index is 1.59. The fourth-order valence-electron chi connectivity index (χ4n) is 13.3. The van der Waals surface area contributed by atoms with E-state index in [9.17, 15) is 45.6 Å². The van der Waals surface area contributed by atoms with E-state index in [1.807, 2.05) is 0 Å². The number of amides is 1. The third-order valence-corrected chi connectivity index (χ3v) is 19.6. The van der Waals surface area contributed by atoms with Crippen molar-refractivity contribution in [3.8, 4) is 0 Å². The second-order valence-electron chi connectivity index (χ2n) is 28.2. The first-order chi connectivity index (χ1) is 46.1. The van der Waals surface area contributed by atoms with E-state index in [-0.39, 0.29) is 12.5 Å². The molecule has 12 atom stereocenters. The largest absolute Gasteiger partial charge is 0.394 e.